The van der Waals surface area contributed by atoms with Crippen molar-refractivity contribution in [3.05, 3.63) is 60.2 Å². The zero-order valence-electron chi connectivity index (χ0n) is 15.3. The molecule has 28 heavy (non-hydrogen) atoms. The van der Waals surface area contributed by atoms with Crippen LogP contribution in [0.4, 0.5) is 13.2 Å². The summed E-state index contributed by atoms with van der Waals surface area (Å²) in [5.74, 6) is 0.942. The second kappa shape index (κ2) is 8.99. The molecule has 1 heterocycles. The smallest absolute Gasteiger partial charge is 0.493 e. The summed E-state index contributed by atoms with van der Waals surface area (Å²) in [4.78, 5) is 14.3. The summed E-state index contributed by atoms with van der Waals surface area (Å²) in [6.07, 6.45) is -2.81. The molecular formula is C21H22F3NO3. The summed E-state index contributed by atoms with van der Waals surface area (Å²) >= 11 is 0. The lowest BCUT2D eigenvalue weighted by Crippen LogP contribution is -2.40. The summed E-state index contributed by atoms with van der Waals surface area (Å²) < 4.78 is 46.2. The molecule has 2 aromatic carbocycles. The number of benzene rings is 2. The van der Waals surface area contributed by atoms with Crippen molar-refractivity contribution in [2.75, 3.05) is 19.7 Å². The van der Waals surface area contributed by atoms with Crippen molar-refractivity contribution in [3.63, 3.8) is 0 Å². The Morgan fingerprint density at radius 1 is 0.964 bits per heavy atom. The minimum absolute atomic E-state index is 0.0214. The highest BCUT2D eigenvalue weighted by Gasteiger charge is 2.31. The molecule has 7 heteroatoms. The van der Waals surface area contributed by atoms with Crippen LogP contribution in [0, 0.1) is 5.92 Å². The van der Waals surface area contributed by atoms with Crippen LogP contribution in [0.2, 0.25) is 0 Å². The third kappa shape index (κ3) is 6.18. The third-order valence-electron chi connectivity index (χ3n) is 4.71. The average molecular weight is 393 g/mol. The van der Waals surface area contributed by atoms with Gasteiger partial charge in [-0.3, -0.25) is 4.79 Å². The van der Waals surface area contributed by atoms with E-state index >= 15 is 0 Å². The Hall–Kier alpha value is -2.70. The van der Waals surface area contributed by atoms with E-state index in [0.29, 0.717) is 31.2 Å². The first-order valence-electron chi connectivity index (χ1n) is 9.19. The van der Waals surface area contributed by atoms with E-state index in [1.165, 1.54) is 24.3 Å². The number of nitrogens with zero attached hydrogens (tertiary/aromatic N) is 1. The number of alkyl halides is 3. The maximum atomic E-state index is 12.5. The third-order valence-corrected chi connectivity index (χ3v) is 4.71. The van der Waals surface area contributed by atoms with Crippen molar-refractivity contribution >= 4 is 5.91 Å². The molecule has 0 aromatic heterocycles. The highest BCUT2D eigenvalue weighted by atomic mass is 19.4. The number of piperidine rings is 1. The lowest BCUT2D eigenvalue weighted by Gasteiger charge is -2.32. The molecule has 150 valence electrons. The number of hydrogen-bond acceptors (Lipinski definition) is 3. The van der Waals surface area contributed by atoms with Crippen LogP contribution in [0.5, 0.6) is 11.5 Å². The van der Waals surface area contributed by atoms with Crippen LogP contribution in [0.3, 0.4) is 0 Å². The fourth-order valence-electron chi connectivity index (χ4n) is 3.18. The SMILES string of the molecule is O=C(Cc1ccc(OC(F)(F)F)cc1)N1CCC(COc2ccccc2)CC1. The highest BCUT2D eigenvalue weighted by molar-refractivity contribution is 5.78. The van der Waals surface area contributed by atoms with Crippen molar-refractivity contribution in [1.82, 2.24) is 4.90 Å². The van der Waals surface area contributed by atoms with E-state index in [0.717, 1.165) is 18.6 Å². The molecule has 0 saturated carbocycles. The summed E-state index contributed by atoms with van der Waals surface area (Å²) in [5.41, 5.74) is 0.661. The molecule has 1 aliphatic rings. The van der Waals surface area contributed by atoms with Gasteiger partial charge >= 0.3 is 6.36 Å². The Bertz CT molecular complexity index is 755. The Balaban J connectivity index is 1.42. The number of halogens is 3. The van der Waals surface area contributed by atoms with Crippen LogP contribution >= 0.6 is 0 Å². The van der Waals surface area contributed by atoms with Crippen molar-refractivity contribution in [3.8, 4) is 11.5 Å². The Kier molecular flexibility index (Phi) is 6.44. The van der Waals surface area contributed by atoms with Gasteiger partial charge in [0, 0.05) is 13.1 Å². The lowest BCUT2D eigenvalue weighted by atomic mass is 9.97. The van der Waals surface area contributed by atoms with Crippen LogP contribution in [-0.2, 0) is 11.2 Å². The molecule has 0 bridgehead atoms. The van der Waals surface area contributed by atoms with E-state index in [2.05, 4.69) is 4.74 Å². The number of ether oxygens (including phenoxy) is 2. The van der Waals surface area contributed by atoms with Gasteiger partial charge in [0.05, 0.1) is 13.0 Å². The largest absolute Gasteiger partial charge is 0.573 e. The molecular weight excluding hydrogens is 371 g/mol. The van der Waals surface area contributed by atoms with Gasteiger partial charge in [-0.05, 0) is 48.6 Å². The van der Waals surface area contributed by atoms with E-state index in [4.69, 9.17) is 4.74 Å². The number of rotatable bonds is 6. The molecule has 1 aliphatic heterocycles. The van der Waals surface area contributed by atoms with Gasteiger partial charge in [-0.25, -0.2) is 0 Å². The summed E-state index contributed by atoms with van der Waals surface area (Å²) in [5, 5.41) is 0. The fraction of sp³-hybridized carbons (Fsp3) is 0.381. The molecule has 1 saturated heterocycles. The number of likely N-dealkylation sites (tertiary alicyclic amines) is 1. The first kappa shape index (κ1) is 20.0. The predicted octanol–water partition coefficient (Wildman–Crippen LogP) is 4.45. The second-order valence-corrected chi connectivity index (χ2v) is 6.82. The maximum absolute atomic E-state index is 12.5. The van der Waals surface area contributed by atoms with Crippen LogP contribution in [-0.4, -0.2) is 36.9 Å². The number of carbonyl (C=O) groups is 1. The molecule has 0 radical (unpaired) electrons. The minimum atomic E-state index is -4.72. The first-order chi connectivity index (χ1) is 13.4. The average Bonchev–Trinajstić information content (AvgIpc) is 2.68. The van der Waals surface area contributed by atoms with E-state index in [-0.39, 0.29) is 18.1 Å². The van der Waals surface area contributed by atoms with Gasteiger partial charge in [-0.2, -0.15) is 0 Å². The normalized spacial score (nSPS) is 15.3. The Morgan fingerprint density at radius 2 is 1.61 bits per heavy atom. The monoisotopic (exact) mass is 393 g/mol. The van der Waals surface area contributed by atoms with Crippen LogP contribution in [0.15, 0.2) is 54.6 Å². The van der Waals surface area contributed by atoms with Gasteiger partial charge in [0.25, 0.3) is 0 Å². The molecule has 3 rings (SSSR count). The second-order valence-electron chi connectivity index (χ2n) is 6.82. The van der Waals surface area contributed by atoms with E-state index in [1.54, 1.807) is 4.90 Å². The number of hydrogen-bond donors (Lipinski definition) is 0. The summed E-state index contributed by atoms with van der Waals surface area (Å²) in [6, 6.07) is 15.1. The molecule has 0 unspecified atom stereocenters. The molecule has 0 N–H and O–H groups in total. The fourth-order valence-corrected chi connectivity index (χ4v) is 3.18. The Labute approximate surface area is 161 Å². The van der Waals surface area contributed by atoms with Gasteiger partial charge < -0.3 is 14.4 Å². The lowest BCUT2D eigenvalue weighted by molar-refractivity contribution is -0.274. The summed E-state index contributed by atoms with van der Waals surface area (Å²) in [7, 11) is 0. The molecule has 2 aromatic rings. The quantitative estimate of drug-likeness (QED) is 0.728. The van der Waals surface area contributed by atoms with Crippen molar-refractivity contribution in [2.45, 2.75) is 25.6 Å². The highest BCUT2D eigenvalue weighted by Crippen LogP contribution is 2.24. The zero-order valence-corrected chi connectivity index (χ0v) is 15.3. The molecule has 0 atom stereocenters. The van der Waals surface area contributed by atoms with Crippen LogP contribution < -0.4 is 9.47 Å². The predicted molar refractivity (Wildman–Crippen MR) is 98.1 cm³/mol. The standard InChI is InChI=1S/C21H22F3NO3/c22-21(23,24)28-19-8-6-16(7-9-19)14-20(26)25-12-10-17(11-13-25)15-27-18-4-2-1-3-5-18/h1-9,17H,10-15H2. The maximum Gasteiger partial charge on any atom is 0.573 e. The van der Waals surface area contributed by atoms with Gasteiger partial charge in [0.15, 0.2) is 0 Å². The van der Waals surface area contributed by atoms with Gasteiger partial charge in [-0.15, -0.1) is 13.2 Å². The molecule has 0 spiro atoms. The van der Waals surface area contributed by atoms with E-state index < -0.39 is 6.36 Å². The number of amides is 1. The summed E-state index contributed by atoms with van der Waals surface area (Å²) in [6.45, 7) is 1.96. The zero-order chi connectivity index (χ0) is 20.0. The molecule has 1 amide bonds. The topological polar surface area (TPSA) is 38.8 Å². The minimum Gasteiger partial charge on any atom is -0.493 e. The van der Waals surface area contributed by atoms with Crippen molar-refractivity contribution in [1.29, 1.82) is 0 Å². The van der Waals surface area contributed by atoms with E-state index in [9.17, 15) is 18.0 Å². The molecule has 0 aliphatic carbocycles. The van der Waals surface area contributed by atoms with Crippen molar-refractivity contribution < 1.29 is 27.4 Å². The van der Waals surface area contributed by atoms with Gasteiger partial charge in [-0.1, -0.05) is 30.3 Å². The van der Waals surface area contributed by atoms with E-state index in [1.807, 2.05) is 30.3 Å². The Morgan fingerprint density at radius 3 is 2.21 bits per heavy atom. The van der Waals surface area contributed by atoms with Crippen LogP contribution in [0.1, 0.15) is 18.4 Å². The molecule has 4 nitrogen and oxygen atoms in total. The first-order valence-corrected chi connectivity index (χ1v) is 9.19. The van der Waals surface area contributed by atoms with Gasteiger partial charge in [0.1, 0.15) is 11.5 Å². The number of para-hydroxylation sites is 1. The molecule has 1 fully saturated rings. The van der Waals surface area contributed by atoms with Crippen LogP contribution in [0.25, 0.3) is 0 Å². The number of carbonyl (C=O) groups excluding carboxylic acids is 1. The van der Waals surface area contributed by atoms with Gasteiger partial charge in [0.2, 0.25) is 5.91 Å². The van der Waals surface area contributed by atoms with Crippen molar-refractivity contribution in [2.24, 2.45) is 5.92 Å².